The first-order valence-electron chi connectivity index (χ1n) is 9.18. The van der Waals surface area contributed by atoms with Crippen LogP contribution in [0.15, 0.2) is 22.7 Å². The molecular formula is C20H26N4O. The van der Waals surface area contributed by atoms with Crippen molar-refractivity contribution in [2.45, 2.75) is 59.0 Å². The summed E-state index contributed by atoms with van der Waals surface area (Å²) in [6.07, 6.45) is 2.31. The minimum atomic E-state index is 0.326. The van der Waals surface area contributed by atoms with Gasteiger partial charge in [0, 0.05) is 12.0 Å². The number of aromatic nitrogens is 3. The highest BCUT2D eigenvalue weighted by molar-refractivity contribution is 5.79. The molecule has 0 unspecified atom stereocenters. The van der Waals surface area contributed by atoms with Crippen LogP contribution in [0, 0.1) is 13.8 Å². The Labute approximate surface area is 148 Å². The Bertz CT molecular complexity index is 892. The fraction of sp³-hybridized carbons (Fsp3) is 0.500. The van der Waals surface area contributed by atoms with Crippen molar-refractivity contribution < 1.29 is 4.52 Å². The molecule has 2 aromatic heterocycles. The molecule has 1 aliphatic heterocycles. The first kappa shape index (κ1) is 16.3. The molecule has 1 atom stereocenters. The van der Waals surface area contributed by atoms with Gasteiger partial charge in [-0.3, -0.25) is 4.90 Å². The summed E-state index contributed by atoms with van der Waals surface area (Å²) in [4.78, 5) is 10.8. The molecule has 0 bridgehead atoms. The van der Waals surface area contributed by atoms with Gasteiger partial charge >= 0.3 is 0 Å². The van der Waals surface area contributed by atoms with Gasteiger partial charge in [0.05, 0.1) is 23.6 Å². The second-order valence-electron chi connectivity index (χ2n) is 7.52. The minimum Gasteiger partial charge on any atom is -0.361 e. The second-order valence-corrected chi connectivity index (χ2v) is 7.52. The van der Waals surface area contributed by atoms with E-state index in [1.807, 2.05) is 0 Å². The molecule has 1 saturated heterocycles. The number of hydrogen-bond acceptors (Lipinski definition) is 4. The lowest BCUT2D eigenvalue weighted by molar-refractivity contribution is 0.231. The summed E-state index contributed by atoms with van der Waals surface area (Å²) in [7, 11) is 0. The molecule has 1 aliphatic rings. The molecule has 4 rings (SSSR count). The van der Waals surface area contributed by atoms with E-state index in [4.69, 9.17) is 9.51 Å². The highest BCUT2D eigenvalue weighted by Crippen LogP contribution is 2.33. The summed E-state index contributed by atoms with van der Waals surface area (Å²) in [5.74, 6) is 2.37. The molecule has 132 valence electrons. The van der Waals surface area contributed by atoms with E-state index in [1.54, 1.807) is 0 Å². The number of benzene rings is 1. The average molecular weight is 338 g/mol. The Balaban J connectivity index is 1.57. The highest BCUT2D eigenvalue weighted by Gasteiger charge is 2.29. The van der Waals surface area contributed by atoms with Crippen molar-refractivity contribution in [2.24, 2.45) is 0 Å². The Hall–Kier alpha value is -2.14. The van der Waals surface area contributed by atoms with Gasteiger partial charge in [0.15, 0.2) is 0 Å². The summed E-state index contributed by atoms with van der Waals surface area (Å²) >= 11 is 0. The maximum Gasteiger partial charge on any atom is 0.139 e. The maximum atomic E-state index is 5.51. The summed E-state index contributed by atoms with van der Waals surface area (Å²) in [5.41, 5.74) is 5.82. The normalized spacial score (nSPS) is 18.7. The van der Waals surface area contributed by atoms with Crippen molar-refractivity contribution >= 4 is 11.0 Å². The van der Waals surface area contributed by atoms with E-state index in [1.165, 1.54) is 17.5 Å². The van der Waals surface area contributed by atoms with E-state index in [9.17, 15) is 0 Å². The lowest BCUT2D eigenvalue weighted by atomic mass is 10.1. The van der Waals surface area contributed by atoms with Gasteiger partial charge in [-0.2, -0.15) is 0 Å². The first-order valence-corrected chi connectivity index (χ1v) is 9.18. The molecule has 0 radical (unpaired) electrons. The Morgan fingerprint density at radius 1 is 1.32 bits per heavy atom. The number of fused-ring (bicyclic) bond motifs is 1. The minimum absolute atomic E-state index is 0.326. The van der Waals surface area contributed by atoms with Crippen LogP contribution in [0.5, 0.6) is 0 Å². The molecule has 3 aromatic rings. The zero-order valence-electron chi connectivity index (χ0n) is 15.5. The third-order valence-electron chi connectivity index (χ3n) is 5.40. The number of H-pyrrole nitrogens is 1. The Kier molecular flexibility index (Phi) is 4.12. The summed E-state index contributed by atoms with van der Waals surface area (Å²) < 4.78 is 5.51. The van der Waals surface area contributed by atoms with Crippen LogP contribution in [0.4, 0.5) is 0 Å². The van der Waals surface area contributed by atoms with E-state index >= 15 is 0 Å². The molecule has 0 aliphatic carbocycles. The molecule has 0 amide bonds. The van der Waals surface area contributed by atoms with Crippen LogP contribution in [0.25, 0.3) is 11.0 Å². The fourth-order valence-electron chi connectivity index (χ4n) is 3.71. The van der Waals surface area contributed by atoms with Crippen molar-refractivity contribution in [3.05, 3.63) is 46.6 Å². The molecule has 1 N–H and O–H groups in total. The summed E-state index contributed by atoms with van der Waals surface area (Å²) in [6, 6.07) is 6.73. The number of imidazole rings is 1. The van der Waals surface area contributed by atoms with Gasteiger partial charge in [0.1, 0.15) is 17.3 Å². The van der Waals surface area contributed by atoms with Gasteiger partial charge in [-0.1, -0.05) is 25.1 Å². The Morgan fingerprint density at radius 2 is 2.16 bits per heavy atom. The van der Waals surface area contributed by atoms with E-state index in [0.717, 1.165) is 47.8 Å². The number of likely N-dealkylation sites (tertiary alicyclic amines) is 1. The fourth-order valence-corrected chi connectivity index (χ4v) is 3.71. The average Bonchev–Trinajstić information content (AvgIpc) is 3.30. The van der Waals surface area contributed by atoms with E-state index in [2.05, 4.69) is 60.9 Å². The third kappa shape index (κ3) is 2.97. The lowest BCUT2D eigenvalue weighted by Crippen LogP contribution is -2.23. The zero-order chi connectivity index (χ0) is 17.6. The van der Waals surface area contributed by atoms with Gasteiger partial charge < -0.3 is 9.51 Å². The standard InChI is InChI=1S/C20H26N4O/c1-12(2)18-10-16(23-25-18)17-6-5-9-24(17)11-19-21-15-8-7-13(3)14(4)20(15)22-19/h7-8,10,12,17H,5-6,9,11H2,1-4H3,(H,21,22)/t17-/m1/s1. The van der Waals surface area contributed by atoms with E-state index in [0.29, 0.717) is 12.0 Å². The zero-order valence-corrected chi connectivity index (χ0v) is 15.5. The van der Waals surface area contributed by atoms with Crippen LogP contribution in [-0.2, 0) is 6.54 Å². The van der Waals surface area contributed by atoms with E-state index in [-0.39, 0.29) is 0 Å². The molecule has 3 heterocycles. The van der Waals surface area contributed by atoms with Crippen molar-refractivity contribution in [1.29, 1.82) is 0 Å². The lowest BCUT2D eigenvalue weighted by Gasteiger charge is -2.21. The van der Waals surface area contributed by atoms with Crippen LogP contribution in [0.2, 0.25) is 0 Å². The van der Waals surface area contributed by atoms with Crippen LogP contribution >= 0.6 is 0 Å². The number of nitrogens with zero attached hydrogens (tertiary/aromatic N) is 3. The highest BCUT2D eigenvalue weighted by atomic mass is 16.5. The molecule has 0 spiro atoms. The number of aryl methyl sites for hydroxylation is 2. The predicted octanol–water partition coefficient (Wildman–Crippen LogP) is 4.63. The molecule has 1 aromatic carbocycles. The smallest absolute Gasteiger partial charge is 0.139 e. The monoisotopic (exact) mass is 338 g/mol. The molecule has 5 nitrogen and oxygen atoms in total. The number of nitrogens with one attached hydrogen (secondary N) is 1. The van der Waals surface area contributed by atoms with Crippen molar-refractivity contribution in [3.63, 3.8) is 0 Å². The van der Waals surface area contributed by atoms with Gasteiger partial charge in [-0.05, 0) is 50.4 Å². The molecule has 25 heavy (non-hydrogen) atoms. The van der Waals surface area contributed by atoms with Gasteiger partial charge in [0.25, 0.3) is 0 Å². The van der Waals surface area contributed by atoms with Crippen LogP contribution in [0.3, 0.4) is 0 Å². The quantitative estimate of drug-likeness (QED) is 0.753. The Morgan fingerprint density at radius 3 is 2.92 bits per heavy atom. The van der Waals surface area contributed by atoms with Crippen LogP contribution in [-0.4, -0.2) is 26.6 Å². The molecule has 0 saturated carbocycles. The largest absolute Gasteiger partial charge is 0.361 e. The summed E-state index contributed by atoms with van der Waals surface area (Å²) in [6.45, 7) is 10.4. The SMILES string of the molecule is Cc1ccc2[nH]c(CN3CCC[C@@H]3c3cc(C(C)C)on3)nc2c1C. The van der Waals surface area contributed by atoms with Gasteiger partial charge in [-0.15, -0.1) is 0 Å². The van der Waals surface area contributed by atoms with Crippen LogP contribution in [0.1, 0.15) is 67.1 Å². The van der Waals surface area contributed by atoms with Crippen molar-refractivity contribution in [1.82, 2.24) is 20.0 Å². The van der Waals surface area contributed by atoms with Crippen LogP contribution < -0.4 is 0 Å². The number of aromatic amines is 1. The van der Waals surface area contributed by atoms with Gasteiger partial charge in [-0.25, -0.2) is 4.98 Å². The first-order chi connectivity index (χ1) is 12.0. The number of hydrogen-bond donors (Lipinski definition) is 1. The molecule has 1 fully saturated rings. The number of rotatable bonds is 4. The van der Waals surface area contributed by atoms with E-state index < -0.39 is 0 Å². The van der Waals surface area contributed by atoms with Crippen molar-refractivity contribution in [2.75, 3.05) is 6.54 Å². The summed E-state index contributed by atoms with van der Waals surface area (Å²) in [5, 5.41) is 4.33. The molecular weight excluding hydrogens is 312 g/mol. The van der Waals surface area contributed by atoms with Gasteiger partial charge in [0.2, 0.25) is 0 Å². The maximum absolute atomic E-state index is 5.51. The second kappa shape index (κ2) is 6.30. The third-order valence-corrected chi connectivity index (χ3v) is 5.40. The predicted molar refractivity (Wildman–Crippen MR) is 98.5 cm³/mol. The molecule has 5 heteroatoms. The van der Waals surface area contributed by atoms with Crippen molar-refractivity contribution in [3.8, 4) is 0 Å². The topological polar surface area (TPSA) is 58.0 Å².